The molecule has 0 aliphatic carbocycles. The fourth-order valence-electron chi connectivity index (χ4n) is 2.41. The van der Waals surface area contributed by atoms with E-state index in [0.29, 0.717) is 12.4 Å². The summed E-state index contributed by atoms with van der Waals surface area (Å²) in [6.07, 6.45) is 0. The number of aryl methyl sites for hydroxylation is 1. The van der Waals surface area contributed by atoms with Crippen molar-refractivity contribution in [2.75, 3.05) is 5.32 Å². The Morgan fingerprint density at radius 2 is 1.62 bits per heavy atom. The summed E-state index contributed by atoms with van der Waals surface area (Å²) < 4.78 is 5.79. The smallest absolute Gasteiger partial charge is 0.119 e. The van der Waals surface area contributed by atoms with Crippen LogP contribution in [-0.4, -0.2) is 5.11 Å². The van der Waals surface area contributed by atoms with E-state index in [-0.39, 0.29) is 0 Å². The molecule has 0 saturated carbocycles. The highest BCUT2D eigenvalue weighted by Crippen LogP contribution is 2.21. The van der Waals surface area contributed by atoms with Crippen molar-refractivity contribution in [2.45, 2.75) is 20.1 Å². The van der Waals surface area contributed by atoms with Gasteiger partial charge in [0.2, 0.25) is 0 Å². The molecule has 0 spiro atoms. The molecule has 0 unspecified atom stereocenters. The van der Waals surface area contributed by atoms with Crippen LogP contribution < -0.4 is 10.1 Å². The minimum atomic E-state index is 0.320. The van der Waals surface area contributed by atoms with Crippen molar-refractivity contribution in [1.82, 2.24) is 0 Å². The number of ether oxygens (including phenoxy) is 1. The van der Waals surface area contributed by atoms with Gasteiger partial charge in [0.05, 0.1) is 0 Å². The zero-order chi connectivity index (χ0) is 16.8. The van der Waals surface area contributed by atoms with Gasteiger partial charge in [-0.25, -0.2) is 0 Å². The van der Waals surface area contributed by atoms with Crippen LogP contribution in [-0.2, 0) is 13.2 Å². The number of benzene rings is 3. The normalized spacial score (nSPS) is 10.4. The molecule has 3 aromatic rings. The molecule has 0 radical (unpaired) electrons. The largest absolute Gasteiger partial charge is 0.508 e. The third-order valence-corrected chi connectivity index (χ3v) is 3.87. The van der Waals surface area contributed by atoms with Crippen LogP contribution in [0, 0.1) is 6.92 Å². The van der Waals surface area contributed by atoms with Gasteiger partial charge >= 0.3 is 0 Å². The number of phenols is 1. The predicted molar refractivity (Wildman–Crippen MR) is 97.4 cm³/mol. The van der Waals surface area contributed by atoms with Gasteiger partial charge in [-0.2, -0.15) is 0 Å². The highest BCUT2D eigenvalue weighted by atomic mass is 16.5. The second-order valence-electron chi connectivity index (χ2n) is 5.77. The van der Waals surface area contributed by atoms with E-state index >= 15 is 0 Å². The van der Waals surface area contributed by atoms with Crippen molar-refractivity contribution in [3.05, 3.63) is 89.5 Å². The third kappa shape index (κ3) is 4.29. The lowest BCUT2D eigenvalue weighted by molar-refractivity contribution is 0.306. The van der Waals surface area contributed by atoms with Crippen molar-refractivity contribution < 1.29 is 9.84 Å². The van der Waals surface area contributed by atoms with Gasteiger partial charge in [0.15, 0.2) is 0 Å². The molecule has 3 nitrogen and oxygen atoms in total. The number of hydrogen-bond donors (Lipinski definition) is 2. The molecule has 122 valence electrons. The summed E-state index contributed by atoms with van der Waals surface area (Å²) >= 11 is 0. The Balaban J connectivity index is 1.53. The van der Waals surface area contributed by atoms with Gasteiger partial charge in [-0.15, -0.1) is 0 Å². The summed E-state index contributed by atoms with van der Waals surface area (Å²) in [6.45, 7) is 3.19. The van der Waals surface area contributed by atoms with Gasteiger partial charge in [-0.05, 0) is 53.9 Å². The zero-order valence-corrected chi connectivity index (χ0v) is 13.7. The molecule has 3 aromatic carbocycles. The standard InChI is InChI=1S/C21H21NO2/c1-16-13-19(9-12-21(16)23)22-14-17-7-10-20(11-8-17)24-15-18-5-3-2-4-6-18/h2-13,22-23H,14-15H2,1H3. The van der Waals surface area contributed by atoms with Crippen molar-refractivity contribution in [3.63, 3.8) is 0 Å². The lowest BCUT2D eigenvalue weighted by Gasteiger charge is -2.10. The molecule has 0 aliphatic heterocycles. The fraction of sp³-hybridized carbons (Fsp3) is 0.143. The van der Waals surface area contributed by atoms with Gasteiger partial charge in [0.25, 0.3) is 0 Å². The Kier molecular flexibility index (Phi) is 5.02. The Hall–Kier alpha value is -2.94. The number of rotatable bonds is 6. The number of anilines is 1. The first-order valence-electron chi connectivity index (χ1n) is 8.00. The average molecular weight is 319 g/mol. The van der Waals surface area contributed by atoms with Crippen molar-refractivity contribution in [1.29, 1.82) is 0 Å². The molecule has 0 fully saturated rings. The SMILES string of the molecule is Cc1cc(NCc2ccc(OCc3ccccc3)cc2)ccc1O. The van der Waals surface area contributed by atoms with Gasteiger partial charge in [-0.1, -0.05) is 42.5 Å². The first-order chi connectivity index (χ1) is 11.7. The summed E-state index contributed by atoms with van der Waals surface area (Å²) in [6, 6.07) is 23.7. The van der Waals surface area contributed by atoms with E-state index in [1.165, 1.54) is 5.56 Å². The molecule has 3 heteroatoms. The maximum Gasteiger partial charge on any atom is 0.119 e. The van der Waals surface area contributed by atoms with Crippen LogP contribution >= 0.6 is 0 Å². The molecule has 0 bridgehead atoms. The first-order valence-corrected chi connectivity index (χ1v) is 8.00. The summed E-state index contributed by atoms with van der Waals surface area (Å²) in [5.41, 5.74) is 4.19. The van der Waals surface area contributed by atoms with Crippen molar-refractivity contribution in [2.24, 2.45) is 0 Å². The summed E-state index contributed by atoms with van der Waals surface area (Å²) in [7, 11) is 0. The molecule has 0 saturated heterocycles. The van der Waals surface area contributed by atoms with E-state index in [4.69, 9.17) is 4.74 Å². The van der Waals surface area contributed by atoms with Crippen LogP contribution in [0.3, 0.4) is 0 Å². The highest BCUT2D eigenvalue weighted by molar-refractivity contribution is 5.50. The van der Waals surface area contributed by atoms with Crippen molar-refractivity contribution in [3.8, 4) is 11.5 Å². The van der Waals surface area contributed by atoms with E-state index in [2.05, 4.69) is 29.6 Å². The maximum absolute atomic E-state index is 9.55. The monoisotopic (exact) mass is 319 g/mol. The van der Waals surface area contributed by atoms with Gasteiger partial charge in [0.1, 0.15) is 18.1 Å². The minimum absolute atomic E-state index is 0.320. The molecule has 0 heterocycles. The summed E-state index contributed by atoms with van der Waals surface area (Å²) in [5.74, 6) is 1.18. The Morgan fingerprint density at radius 3 is 2.33 bits per heavy atom. The lowest BCUT2D eigenvalue weighted by Crippen LogP contribution is -2.00. The lowest BCUT2D eigenvalue weighted by atomic mass is 10.2. The van der Waals surface area contributed by atoms with Crippen LogP contribution in [0.5, 0.6) is 11.5 Å². The van der Waals surface area contributed by atoms with E-state index < -0.39 is 0 Å². The van der Waals surface area contributed by atoms with E-state index in [0.717, 1.165) is 29.1 Å². The Labute approximate surface area is 142 Å². The third-order valence-electron chi connectivity index (χ3n) is 3.87. The highest BCUT2D eigenvalue weighted by Gasteiger charge is 2.00. The number of phenolic OH excluding ortho intramolecular Hbond substituents is 1. The van der Waals surface area contributed by atoms with E-state index in [9.17, 15) is 5.11 Å². The van der Waals surface area contributed by atoms with Crippen LogP contribution in [0.15, 0.2) is 72.8 Å². The van der Waals surface area contributed by atoms with Gasteiger partial charge in [-0.3, -0.25) is 0 Å². The quantitative estimate of drug-likeness (QED) is 0.636. The summed E-state index contributed by atoms with van der Waals surface area (Å²) in [5, 5.41) is 12.9. The second-order valence-corrected chi connectivity index (χ2v) is 5.77. The predicted octanol–water partition coefficient (Wildman–Crippen LogP) is 4.89. The molecule has 24 heavy (non-hydrogen) atoms. The molecule has 3 rings (SSSR count). The van der Waals surface area contributed by atoms with Crippen LogP contribution in [0.25, 0.3) is 0 Å². The Morgan fingerprint density at radius 1 is 0.875 bits per heavy atom. The van der Waals surface area contributed by atoms with Gasteiger partial charge < -0.3 is 15.2 Å². The number of aromatic hydroxyl groups is 1. The molecule has 0 atom stereocenters. The first kappa shape index (κ1) is 15.9. The van der Waals surface area contributed by atoms with Crippen LogP contribution in [0.2, 0.25) is 0 Å². The van der Waals surface area contributed by atoms with E-state index in [1.807, 2.05) is 49.4 Å². The number of hydrogen-bond acceptors (Lipinski definition) is 3. The molecule has 0 aliphatic rings. The fourth-order valence-corrected chi connectivity index (χ4v) is 2.41. The molecule has 0 amide bonds. The van der Waals surface area contributed by atoms with Gasteiger partial charge in [0, 0.05) is 12.2 Å². The van der Waals surface area contributed by atoms with Crippen LogP contribution in [0.4, 0.5) is 5.69 Å². The number of nitrogens with one attached hydrogen (secondary N) is 1. The minimum Gasteiger partial charge on any atom is -0.508 e. The molecule has 0 aromatic heterocycles. The topological polar surface area (TPSA) is 41.5 Å². The summed E-state index contributed by atoms with van der Waals surface area (Å²) in [4.78, 5) is 0. The average Bonchev–Trinajstić information content (AvgIpc) is 2.63. The Bertz CT molecular complexity index is 783. The zero-order valence-electron chi connectivity index (χ0n) is 13.7. The second kappa shape index (κ2) is 7.55. The van der Waals surface area contributed by atoms with E-state index in [1.54, 1.807) is 6.07 Å². The van der Waals surface area contributed by atoms with Crippen LogP contribution in [0.1, 0.15) is 16.7 Å². The molecular weight excluding hydrogens is 298 g/mol. The molecule has 2 N–H and O–H groups in total. The maximum atomic E-state index is 9.55. The molecular formula is C21H21NO2. The van der Waals surface area contributed by atoms with Crippen molar-refractivity contribution >= 4 is 5.69 Å².